The molecule has 1 heterocycles. The molecule has 2 aromatic carbocycles. The largest absolute Gasteiger partial charge is 0.372 e. The van der Waals surface area contributed by atoms with Gasteiger partial charge in [0.2, 0.25) is 0 Å². The van der Waals surface area contributed by atoms with Gasteiger partial charge in [0.15, 0.2) is 0 Å². The summed E-state index contributed by atoms with van der Waals surface area (Å²) >= 11 is 0. The molecule has 0 aliphatic rings. The molecular formula is C20H22N4O. The van der Waals surface area contributed by atoms with Crippen LogP contribution in [0.4, 0.5) is 21.9 Å². The molecule has 3 aromatic rings. The molecule has 0 saturated carbocycles. The van der Waals surface area contributed by atoms with Crippen LogP contribution < -0.4 is 15.5 Å². The number of amides is 2. The average Bonchev–Trinajstić information content (AvgIpc) is 2.64. The summed E-state index contributed by atoms with van der Waals surface area (Å²) in [6.45, 7) is 6.17. The van der Waals surface area contributed by atoms with Crippen LogP contribution in [0.3, 0.4) is 0 Å². The number of fused-ring (bicyclic) bond motifs is 1. The van der Waals surface area contributed by atoms with Gasteiger partial charge >= 0.3 is 6.03 Å². The fraction of sp³-hybridized carbons (Fsp3) is 0.200. The van der Waals surface area contributed by atoms with E-state index in [1.165, 1.54) is 0 Å². The summed E-state index contributed by atoms with van der Waals surface area (Å²) in [4.78, 5) is 18.9. The molecule has 25 heavy (non-hydrogen) atoms. The maximum Gasteiger partial charge on any atom is 0.323 e. The van der Waals surface area contributed by atoms with Gasteiger partial charge in [-0.25, -0.2) is 4.79 Å². The smallest absolute Gasteiger partial charge is 0.323 e. The summed E-state index contributed by atoms with van der Waals surface area (Å²) < 4.78 is 0. The highest BCUT2D eigenvalue weighted by atomic mass is 16.2. The van der Waals surface area contributed by atoms with Crippen molar-refractivity contribution in [1.29, 1.82) is 0 Å². The Morgan fingerprint density at radius 3 is 2.40 bits per heavy atom. The minimum Gasteiger partial charge on any atom is -0.372 e. The second-order valence-corrected chi connectivity index (χ2v) is 5.68. The predicted octanol–water partition coefficient (Wildman–Crippen LogP) is 4.73. The normalized spacial score (nSPS) is 10.5. The maximum absolute atomic E-state index is 12.3. The zero-order valence-corrected chi connectivity index (χ0v) is 14.5. The Morgan fingerprint density at radius 1 is 0.960 bits per heavy atom. The highest BCUT2D eigenvalue weighted by Gasteiger charge is 2.07. The number of anilines is 3. The second kappa shape index (κ2) is 7.66. The molecule has 0 spiro atoms. The number of pyridine rings is 1. The van der Waals surface area contributed by atoms with Crippen molar-refractivity contribution in [3.63, 3.8) is 0 Å². The molecule has 128 valence electrons. The van der Waals surface area contributed by atoms with Gasteiger partial charge < -0.3 is 15.5 Å². The SMILES string of the molecule is CCN(CC)c1ccc(NC(=O)Nc2cccc3cccnc23)cc1. The number of hydrogen-bond donors (Lipinski definition) is 2. The summed E-state index contributed by atoms with van der Waals surface area (Å²) in [7, 11) is 0. The van der Waals surface area contributed by atoms with Crippen molar-refractivity contribution in [2.45, 2.75) is 13.8 Å². The molecule has 0 aliphatic carbocycles. The topological polar surface area (TPSA) is 57.3 Å². The highest BCUT2D eigenvalue weighted by Crippen LogP contribution is 2.21. The van der Waals surface area contributed by atoms with Gasteiger partial charge in [-0.3, -0.25) is 4.98 Å². The van der Waals surface area contributed by atoms with Crippen molar-refractivity contribution in [2.75, 3.05) is 28.6 Å². The first kappa shape index (κ1) is 16.8. The van der Waals surface area contributed by atoms with Crippen LogP contribution in [-0.2, 0) is 0 Å². The fourth-order valence-electron chi connectivity index (χ4n) is 2.83. The van der Waals surface area contributed by atoms with Crippen LogP contribution >= 0.6 is 0 Å². The zero-order chi connectivity index (χ0) is 17.6. The molecule has 0 radical (unpaired) electrons. The number of para-hydroxylation sites is 1. The van der Waals surface area contributed by atoms with Crippen molar-refractivity contribution in [3.8, 4) is 0 Å². The number of nitrogens with zero attached hydrogens (tertiary/aromatic N) is 2. The maximum atomic E-state index is 12.3. The molecule has 5 heteroatoms. The molecule has 0 bridgehead atoms. The molecule has 2 amide bonds. The van der Waals surface area contributed by atoms with Crippen LogP contribution in [0.1, 0.15) is 13.8 Å². The van der Waals surface area contributed by atoms with Crippen LogP contribution in [0.25, 0.3) is 10.9 Å². The molecule has 0 saturated heterocycles. The van der Waals surface area contributed by atoms with E-state index in [4.69, 9.17) is 0 Å². The highest BCUT2D eigenvalue weighted by molar-refractivity contribution is 6.05. The summed E-state index contributed by atoms with van der Waals surface area (Å²) in [5, 5.41) is 6.72. The van der Waals surface area contributed by atoms with Crippen molar-refractivity contribution < 1.29 is 4.79 Å². The average molecular weight is 334 g/mol. The Morgan fingerprint density at radius 2 is 1.68 bits per heavy atom. The minimum absolute atomic E-state index is 0.284. The van der Waals surface area contributed by atoms with E-state index in [-0.39, 0.29) is 6.03 Å². The van der Waals surface area contributed by atoms with E-state index in [9.17, 15) is 4.79 Å². The van der Waals surface area contributed by atoms with Gasteiger partial charge in [-0.2, -0.15) is 0 Å². The van der Waals surface area contributed by atoms with E-state index in [1.54, 1.807) is 6.20 Å². The van der Waals surface area contributed by atoms with Crippen molar-refractivity contribution in [1.82, 2.24) is 4.98 Å². The number of hydrogen-bond acceptors (Lipinski definition) is 3. The van der Waals surface area contributed by atoms with Gasteiger partial charge in [0.1, 0.15) is 0 Å². The van der Waals surface area contributed by atoms with Gasteiger partial charge in [-0.05, 0) is 50.2 Å². The molecule has 3 rings (SSSR count). The van der Waals surface area contributed by atoms with Crippen LogP contribution in [0.15, 0.2) is 60.8 Å². The third kappa shape index (κ3) is 3.88. The fourth-order valence-corrected chi connectivity index (χ4v) is 2.83. The Bertz CT molecular complexity index is 852. The molecule has 2 N–H and O–H groups in total. The minimum atomic E-state index is -0.284. The van der Waals surface area contributed by atoms with Gasteiger partial charge in [0.25, 0.3) is 0 Å². The van der Waals surface area contributed by atoms with E-state index >= 15 is 0 Å². The number of aromatic nitrogens is 1. The number of nitrogens with one attached hydrogen (secondary N) is 2. The Hall–Kier alpha value is -3.08. The van der Waals surface area contributed by atoms with Crippen LogP contribution in [0.2, 0.25) is 0 Å². The quantitative estimate of drug-likeness (QED) is 0.709. The lowest BCUT2D eigenvalue weighted by atomic mass is 10.2. The van der Waals surface area contributed by atoms with Crippen LogP contribution in [0.5, 0.6) is 0 Å². The lowest BCUT2D eigenvalue weighted by Crippen LogP contribution is -2.22. The molecule has 5 nitrogen and oxygen atoms in total. The molecular weight excluding hydrogens is 312 g/mol. The van der Waals surface area contributed by atoms with Crippen LogP contribution in [-0.4, -0.2) is 24.1 Å². The van der Waals surface area contributed by atoms with Gasteiger partial charge in [0, 0.05) is 36.0 Å². The van der Waals surface area contributed by atoms with E-state index in [0.717, 1.165) is 35.4 Å². The predicted molar refractivity (Wildman–Crippen MR) is 104 cm³/mol. The van der Waals surface area contributed by atoms with Crippen molar-refractivity contribution in [2.24, 2.45) is 0 Å². The molecule has 0 fully saturated rings. The third-order valence-electron chi connectivity index (χ3n) is 4.13. The van der Waals surface area contributed by atoms with Crippen molar-refractivity contribution in [3.05, 3.63) is 60.8 Å². The lowest BCUT2D eigenvalue weighted by Gasteiger charge is -2.21. The molecule has 0 unspecified atom stereocenters. The van der Waals surface area contributed by atoms with Crippen LogP contribution in [0, 0.1) is 0 Å². The number of rotatable bonds is 5. The standard InChI is InChI=1S/C20H22N4O/c1-3-24(4-2)17-12-10-16(11-13-17)22-20(25)23-18-9-5-7-15-8-6-14-21-19(15)18/h5-14H,3-4H2,1-2H3,(H2,22,23,25). The van der Waals surface area contributed by atoms with Gasteiger partial charge in [-0.15, -0.1) is 0 Å². The first-order valence-electron chi connectivity index (χ1n) is 8.48. The number of carbonyl (C=O) groups excluding carboxylic acids is 1. The lowest BCUT2D eigenvalue weighted by molar-refractivity contribution is 0.262. The monoisotopic (exact) mass is 334 g/mol. The molecule has 0 atom stereocenters. The Labute approximate surface area is 147 Å². The zero-order valence-electron chi connectivity index (χ0n) is 14.5. The molecule has 1 aromatic heterocycles. The third-order valence-corrected chi connectivity index (χ3v) is 4.13. The van der Waals surface area contributed by atoms with E-state index in [0.29, 0.717) is 5.69 Å². The van der Waals surface area contributed by atoms with Gasteiger partial charge in [-0.1, -0.05) is 18.2 Å². The summed E-state index contributed by atoms with van der Waals surface area (Å²) in [5.41, 5.74) is 3.36. The second-order valence-electron chi connectivity index (χ2n) is 5.68. The Kier molecular flexibility index (Phi) is 5.14. The number of urea groups is 1. The van der Waals surface area contributed by atoms with Gasteiger partial charge in [0.05, 0.1) is 11.2 Å². The number of carbonyl (C=O) groups is 1. The van der Waals surface area contributed by atoms with E-state index in [2.05, 4.69) is 34.4 Å². The summed E-state index contributed by atoms with van der Waals surface area (Å²) in [6, 6.07) is 17.1. The molecule has 0 aliphatic heterocycles. The summed E-state index contributed by atoms with van der Waals surface area (Å²) in [5.74, 6) is 0. The summed E-state index contributed by atoms with van der Waals surface area (Å²) in [6.07, 6.45) is 1.72. The van der Waals surface area contributed by atoms with E-state index in [1.807, 2.05) is 54.6 Å². The first-order chi connectivity index (χ1) is 12.2. The van der Waals surface area contributed by atoms with E-state index < -0.39 is 0 Å². The number of benzene rings is 2. The van der Waals surface area contributed by atoms with Crippen molar-refractivity contribution >= 4 is 34.0 Å². The Balaban J connectivity index is 1.70. The first-order valence-corrected chi connectivity index (χ1v) is 8.48.